The molecule has 0 amide bonds. The second-order valence-corrected chi connectivity index (χ2v) is 5.16. The molecule has 17 heavy (non-hydrogen) atoms. The van der Waals surface area contributed by atoms with Crippen LogP contribution in [0, 0.1) is 12.8 Å². The highest BCUT2D eigenvalue weighted by Gasteiger charge is 2.25. The molecule has 1 fully saturated rings. The monoisotopic (exact) mass is 236 g/mol. The zero-order valence-corrected chi connectivity index (χ0v) is 11.1. The predicted octanol–water partition coefficient (Wildman–Crippen LogP) is 3.35. The number of aryl methyl sites for hydroxylation is 1. The Morgan fingerprint density at radius 2 is 2.18 bits per heavy atom. The summed E-state index contributed by atoms with van der Waals surface area (Å²) in [5.74, 6) is 0.789. The molecule has 0 N–H and O–H groups in total. The highest BCUT2D eigenvalue weighted by atomic mass is 16.5. The van der Waals surface area contributed by atoms with E-state index < -0.39 is 0 Å². The Morgan fingerprint density at radius 3 is 2.76 bits per heavy atom. The molecule has 0 radical (unpaired) electrons. The first-order valence-electron chi connectivity index (χ1n) is 6.82. The highest BCUT2D eigenvalue weighted by molar-refractivity contribution is 4.99. The Kier molecular flexibility index (Phi) is 4.60. The predicted molar refractivity (Wildman–Crippen MR) is 69.1 cm³/mol. The van der Waals surface area contributed by atoms with Crippen LogP contribution in [0.3, 0.4) is 0 Å². The summed E-state index contributed by atoms with van der Waals surface area (Å²) in [6.45, 7) is 2.98. The number of nitrogens with zero attached hydrogens (tertiary/aromatic N) is 2. The van der Waals surface area contributed by atoms with Crippen LogP contribution in [0.2, 0.25) is 0 Å². The molecule has 96 valence electrons. The number of rotatable bonds is 5. The highest BCUT2D eigenvalue weighted by Crippen LogP contribution is 2.35. The fraction of sp³-hybridized carbons (Fsp3) is 0.786. The fourth-order valence-electron chi connectivity index (χ4n) is 3.04. The minimum atomic E-state index is 0.533. The van der Waals surface area contributed by atoms with E-state index in [9.17, 15) is 0 Å². The van der Waals surface area contributed by atoms with Gasteiger partial charge in [-0.05, 0) is 38.2 Å². The zero-order valence-electron chi connectivity index (χ0n) is 11.1. The topological polar surface area (TPSA) is 27.1 Å². The van der Waals surface area contributed by atoms with E-state index in [-0.39, 0.29) is 0 Å². The van der Waals surface area contributed by atoms with Crippen molar-refractivity contribution in [2.24, 2.45) is 5.92 Å². The molecule has 0 spiro atoms. The first-order valence-corrected chi connectivity index (χ1v) is 6.82. The molecule has 1 saturated carbocycles. The van der Waals surface area contributed by atoms with Crippen molar-refractivity contribution in [1.82, 2.24) is 9.78 Å². The maximum absolute atomic E-state index is 5.26. The number of aromatic nitrogens is 2. The summed E-state index contributed by atoms with van der Waals surface area (Å²) in [6.07, 6.45) is 9.89. The van der Waals surface area contributed by atoms with Crippen LogP contribution in [0.25, 0.3) is 0 Å². The summed E-state index contributed by atoms with van der Waals surface area (Å²) >= 11 is 0. The second kappa shape index (κ2) is 6.20. The molecule has 3 nitrogen and oxygen atoms in total. The number of hydrogen-bond acceptors (Lipinski definition) is 2. The summed E-state index contributed by atoms with van der Waals surface area (Å²) in [5, 5.41) is 4.51. The quantitative estimate of drug-likeness (QED) is 0.784. The smallest absolute Gasteiger partial charge is 0.0572 e. The lowest BCUT2D eigenvalue weighted by Crippen LogP contribution is -2.24. The van der Waals surface area contributed by atoms with E-state index in [2.05, 4.69) is 22.8 Å². The van der Waals surface area contributed by atoms with Gasteiger partial charge < -0.3 is 4.74 Å². The molecule has 3 heteroatoms. The van der Waals surface area contributed by atoms with Crippen molar-refractivity contribution in [3.8, 4) is 0 Å². The van der Waals surface area contributed by atoms with Crippen molar-refractivity contribution in [1.29, 1.82) is 0 Å². The molecule has 0 saturated heterocycles. The Bertz CT molecular complexity index is 329. The SMILES string of the molecule is COCCC(C1CCCCC1)n1nccc1C. The van der Waals surface area contributed by atoms with Gasteiger partial charge in [-0.3, -0.25) is 4.68 Å². The van der Waals surface area contributed by atoms with E-state index in [4.69, 9.17) is 4.74 Å². The first-order chi connectivity index (χ1) is 8.33. The molecule has 1 atom stereocenters. The van der Waals surface area contributed by atoms with Gasteiger partial charge in [-0.15, -0.1) is 0 Å². The number of ether oxygens (including phenoxy) is 1. The summed E-state index contributed by atoms with van der Waals surface area (Å²) in [4.78, 5) is 0. The molecule has 0 aliphatic heterocycles. The van der Waals surface area contributed by atoms with E-state index in [1.807, 2.05) is 6.20 Å². The molecular weight excluding hydrogens is 212 g/mol. The maximum Gasteiger partial charge on any atom is 0.0572 e. The molecule has 1 aromatic heterocycles. The molecule has 1 aliphatic rings. The van der Waals surface area contributed by atoms with Crippen molar-refractivity contribution in [2.45, 2.75) is 51.5 Å². The molecule has 0 bridgehead atoms. The Labute approximate surface area is 104 Å². The standard InChI is InChI=1S/C14H24N2O/c1-12-8-10-15-16(12)14(9-11-17-2)13-6-4-3-5-7-13/h8,10,13-14H,3-7,9,11H2,1-2H3. The van der Waals surface area contributed by atoms with Crippen molar-refractivity contribution in [3.63, 3.8) is 0 Å². The van der Waals surface area contributed by atoms with Gasteiger partial charge >= 0.3 is 0 Å². The van der Waals surface area contributed by atoms with Crippen molar-refractivity contribution in [2.75, 3.05) is 13.7 Å². The van der Waals surface area contributed by atoms with Gasteiger partial charge in [0.2, 0.25) is 0 Å². The van der Waals surface area contributed by atoms with Crippen LogP contribution in [0.15, 0.2) is 12.3 Å². The van der Waals surface area contributed by atoms with Crippen LogP contribution < -0.4 is 0 Å². The lowest BCUT2D eigenvalue weighted by atomic mass is 9.82. The first kappa shape index (κ1) is 12.6. The van der Waals surface area contributed by atoms with Gasteiger partial charge in [0.15, 0.2) is 0 Å². The Balaban J connectivity index is 2.09. The molecule has 1 heterocycles. The lowest BCUT2D eigenvalue weighted by Gasteiger charge is -2.31. The van der Waals surface area contributed by atoms with Crippen LogP contribution in [-0.4, -0.2) is 23.5 Å². The largest absolute Gasteiger partial charge is 0.385 e. The van der Waals surface area contributed by atoms with Gasteiger partial charge in [-0.1, -0.05) is 19.3 Å². The van der Waals surface area contributed by atoms with Gasteiger partial charge in [0.1, 0.15) is 0 Å². The molecule has 1 unspecified atom stereocenters. The lowest BCUT2D eigenvalue weighted by molar-refractivity contribution is 0.142. The van der Waals surface area contributed by atoms with Crippen LogP contribution >= 0.6 is 0 Å². The number of methoxy groups -OCH3 is 1. The molecule has 2 rings (SSSR count). The maximum atomic E-state index is 5.26. The van der Waals surface area contributed by atoms with Gasteiger partial charge in [0, 0.05) is 25.6 Å². The van der Waals surface area contributed by atoms with E-state index in [0.29, 0.717) is 6.04 Å². The van der Waals surface area contributed by atoms with Crippen LogP contribution in [0.1, 0.15) is 50.3 Å². The normalized spacial score (nSPS) is 19.4. The van der Waals surface area contributed by atoms with Crippen molar-refractivity contribution < 1.29 is 4.74 Å². The Hall–Kier alpha value is -0.830. The third-order valence-corrected chi connectivity index (χ3v) is 3.99. The van der Waals surface area contributed by atoms with E-state index in [1.165, 1.54) is 37.8 Å². The zero-order chi connectivity index (χ0) is 12.1. The average molecular weight is 236 g/mol. The van der Waals surface area contributed by atoms with Crippen LogP contribution in [0.5, 0.6) is 0 Å². The Morgan fingerprint density at radius 1 is 1.41 bits per heavy atom. The van der Waals surface area contributed by atoms with E-state index in [0.717, 1.165) is 18.9 Å². The van der Waals surface area contributed by atoms with E-state index in [1.54, 1.807) is 7.11 Å². The van der Waals surface area contributed by atoms with Gasteiger partial charge in [0.25, 0.3) is 0 Å². The van der Waals surface area contributed by atoms with Crippen molar-refractivity contribution in [3.05, 3.63) is 18.0 Å². The summed E-state index contributed by atoms with van der Waals surface area (Å²) in [5.41, 5.74) is 1.27. The van der Waals surface area contributed by atoms with E-state index >= 15 is 0 Å². The van der Waals surface area contributed by atoms with Gasteiger partial charge in [-0.25, -0.2) is 0 Å². The fourth-order valence-corrected chi connectivity index (χ4v) is 3.04. The van der Waals surface area contributed by atoms with Gasteiger partial charge in [-0.2, -0.15) is 5.10 Å². The van der Waals surface area contributed by atoms with Crippen molar-refractivity contribution >= 4 is 0 Å². The molecular formula is C14H24N2O. The summed E-state index contributed by atoms with van der Waals surface area (Å²) < 4.78 is 7.48. The average Bonchev–Trinajstić information content (AvgIpc) is 2.78. The molecule has 1 aromatic rings. The van der Waals surface area contributed by atoms with Gasteiger partial charge in [0.05, 0.1) is 6.04 Å². The number of hydrogen-bond donors (Lipinski definition) is 0. The minimum Gasteiger partial charge on any atom is -0.385 e. The molecule has 1 aliphatic carbocycles. The third kappa shape index (κ3) is 3.09. The third-order valence-electron chi connectivity index (χ3n) is 3.99. The summed E-state index contributed by atoms with van der Waals surface area (Å²) in [7, 11) is 1.79. The minimum absolute atomic E-state index is 0.533. The second-order valence-electron chi connectivity index (χ2n) is 5.16. The summed E-state index contributed by atoms with van der Waals surface area (Å²) in [6, 6.07) is 2.63. The van der Waals surface area contributed by atoms with Crippen LogP contribution in [-0.2, 0) is 4.74 Å². The molecule has 0 aromatic carbocycles. The van der Waals surface area contributed by atoms with Crippen LogP contribution in [0.4, 0.5) is 0 Å².